The van der Waals surface area contributed by atoms with Crippen LogP contribution >= 0.6 is 0 Å². The minimum atomic E-state index is 0.206. The van der Waals surface area contributed by atoms with E-state index >= 15 is 0 Å². The van der Waals surface area contributed by atoms with Gasteiger partial charge in [-0.25, -0.2) is 9.97 Å². The molecule has 2 aromatic heterocycles. The lowest BCUT2D eigenvalue weighted by Crippen LogP contribution is -2.14. The molecule has 0 N–H and O–H groups in total. The molecule has 0 spiro atoms. The second-order valence-corrected chi connectivity index (χ2v) is 6.85. The van der Waals surface area contributed by atoms with Crippen LogP contribution in [0.1, 0.15) is 49.1 Å². The van der Waals surface area contributed by atoms with Crippen LogP contribution in [0.4, 0.5) is 0 Å². The van der Waals surface area contributed by atoms with Crippen molar-refractivity contribution in [3.63, 3.8) is 0 Å². The van der Waals surface area contributed by atoms with E-state index in [2.05, 4.69) is 56.3 Å². The van der Waals surface area contributed by atoms with Gasteiger partial charge in [-0.3, -0.25) is 4.57 Å². The van der Waals surface area contributed by atoms with Crippen molar-refractivity contribution in [2.75, 3.05) is 0 Å². The molecule has 0 saturated carbocycles. The van der Waals surface area contributed by atoms with Gasteiger partial charge in [-0.2, -0.15) is 0 Å². The third kappa shape index (κ3) is 3.26. The monoisotopic (exact) mass is 337 g/mol. The van der Waals surface area contributed by atoms with Crippen LogP contribution in [0.15, 0.2) is 24.5 Å². The number of hydrogen-bond donors (Lipinski definition) is 0. The molecule has 0 unspecified atom stereocenters. The van der Waals surface area contributed by atoms with Gasteiger partial charge < -0.3 is 4.74 Å². The van der Waals surface area contributed by atoms with Gasteiger partial charge in [0.25, 0.3) is 0 Å². The summed E-state index contributed by atoms with van der Waals surface area (Å²) in [6.07, 6.45) is 4.03. The van der Waals surface area contributed by atoms with Gasteiger partial charge in [-0.05, 0) is 51.7 Å². The number of ether oxygens (including phenoxy) is 1. The molecule has 0 fully saturated rings. The summed E-state index contributed by atoms with van der Waals surface area (Å²) >= 11 is 0. The lowest BCUT2D eigenvalue weighted by atomic mass is 10.1. The number of fused-ring (bicyclic) bond motifs is 1. The summed E-state index contributed by atoms with van der Waals surface area (Å²) < 4.78 is 8.31. The van der Waals surface area contributed by atoms with Crippen molar-refractivity contribution < 1.29 is 4.74 Å². The molecule has 2 heterocycles. The fourth-order valence-electron chi connectivity index (χ4n) is 3.52. The molecule has 0 saturated heterocycles. The standard InChI is InChI=1S/C21H27N3O/c1-7-17(8-2)25-18-11-16(6)23-21-19(18)22-12-24(21)20-14(4)9-13(3)10-15(20)5/h9-12,17H,7-8H2,1-6H3. The maximum absolute atomic E-state index is 6.22. The van der Waals surface area contributed by atoms with E-state index in [4.69, 9.17) is 9.72 Å². The van der Waals surface area contributed by atoms with Gasteiger partial charge in [0, 0.05) is 11.8 Å². The second-order valence-electron chi connectivity index (χ2n) is 6.85. The number of rotatable bonds is 5. The van der Waals surface area contributed by atoms with Crippen LogP contribution in [0.25, 0.3) is 16.9 Å². The Balaban J connectivity index is 2.19. The lowest BCUT2D eigenvalue weighted by molar-refractivity contribution is 0.195. The molecule has 0 atom stereocenters. The van der Waals surface area contributed by atoms with Crippen molar-refractivity contribution in [1.82, 2.24) is 14.5 Å². The average Bonchev–Trinajstić information content (AvgIpc) is 2.95. The Morgan fingerprint density at radius 2 is 1.64 bits per heavy atom. The van der Waals surface area contributed by atoms with E-state index in [1.807, 2.05) is 19.3 Å². The van der Waals surface area contributed by atoms with Gasteiger partial charge in [-0.1, -0.05) is 31.5 Å². The third-order valence-electron chi connectivity index (χ3n) is 4.68. The molecule has 0 amide bonds. The molecule has 0 aliphatic rings. The summed E-state index contributed by atoms with van der Waals surface area (Å²) in [6, 6.07) is 6.39. The lowest BCUT2D eigenvalue weighted by Gasteiger charge is -2.17. The van der Waals surface area contributed by atoms with Crippen molar-refractivity contribution in [3.05, 3.63) is 46.9 Å². The van der Waals surface area contributed by atoms with Crippen LogP contribution in [0, 0.1) is 27.7 Å². The molecule has 132 valence electrons. The number of aryl methyl sites for hydroxylation is 4. The van der Waals surface area contributed by atoms with E-state index in [1.165, 1.54) is 16.7 Å². The van der Waals surface area contributed by atoms with E-state index in [0.29, 0.717) is 0 Å². The quantitative estimate of drug-likeness (QED) is 0.640. The first kappa shape index (κ1) is 17.5. The molecular weight excluding hydrogens is 310 g/mol. The molecule has 3 rings (SSSR count). The first-order valence-corrected chi connectivity index (χ1v) is 9.04. The summed E-state index contributed by atoms with van der Waals surface area (Å²) in [5.74, 6) is 0.831. The molecule has 1 aromatic carbocycles. The Hall–Kier alpha value is -2.36. The highest BCUT2D eigenvalue weighted by Crippen LogP contribution is 2.30. The average molecular weight is 337 g/mol. The SMILES string of the molecule is CCC(CC)Oc1cc(C)nc2c1ncn2-c1c(C)cc(C)cc1C. The van der Waals surface area contributed by atoms with Gasteiger partial charge in [-0.15, -0.1) is 0 Å². The molecule has 4 nitrogen and oxygen atoms in total. The summed E-state index contributed by atoms with van der Waals surface area (Å²) in [4.78, 5) is 9.39. The number of benzene rings is 1. The fraction of sp³-hybridized carbons (Fsp3) is 0.429. The molecular formula is C21H27N3O. The van der Waals surface area contributed by atoms with Crippen LogP contribution in [0.5, 0.6) is 5.75 Å². The smallest absolute Gasteiger partial charge is 0.168 e. The van der Waals surface area contributed by atoms with Crippen molar-refractivity contribution in [2.24, 2.45) is 0 Å². The summed E-state index contributed by atoms with van der Waals surface area (Å²) in [7, 11) is 0. The van der Waals surface area contributed by atoms with E-state index in [-0.39, 0.29) is 6.10 Å². The highest BCUT2D eigenvalue weighted by atomic mass is 16.5. The Kier molecular flexibility index (Phi) is 4.80. The first-order chi connectivity index (χ1) is 11.9. The maximum atomic E-state index is 6.22. The maximum Gasteiger partial charge on any atom is 0.168 e. The molecule has 25 heavy (non-hydrogen) atoms. The van der Waals surface area contributed by atoms with E-state index in [1.54, 1.807) is 0 Å². The fourth-order valence-corrected chi connectivity index (χ4v) is 3.52. The molecule has 4 heteroatoms. The Bertz CT molecular complexity index is 884. The van der Waals surface area contributed by atoms with E-state index in [0.717, 1.165) is 41.1 Å². The predicted octanol–water partition coefficient (Wildman–Crippen LogP) is 5.22. The number of imidazole rings is 1. The van der Waals surface area contributed by atoms with Crippen LogP contribution in [0.3, 0.4) is 0 Å². The van der Waals surface area contributed by atoms with Crippen molar-refractivity contribution in [1.29, 1.82) is 0 Å². The zero-order valence-electron chi connectivity index (χ0n) is 16.1. The van der Waals surface area contributed by atoms with Crippen LogP contribution in [-0.2, 0) is 0 Å². The number of pyridine rings is 1. The van der Waals surface area contributed by atoms with Gasteiger partial charge in [0.1, 0.15) is 11.8 Å². The number of aromatic nitrogens is 3. The van der Waals surface area contributed by atoms with Gasteiger partial charge in [0.15, 0.2) is 11.4 Å². The van der Waals surface area contributed by atoms with Crippen molar-refractivity contribution >= 4 is 11.2 Å². The van der Waals surface area contributed by atoms with Gasteiger partial charge >= 0.3 is 0 Å². The predicted molar refractivity (Wildman–Crippen MR) is 103 cm³/mol. The Morgan fingerprint density at radius 3 is 2.24 bits per heavy atom. The van der Waals surface area contributed by atoms with E-state index < -0.39 is 0 Å². The molecule has 0 aliphatic carbocycles. The minimum Gasteiger partial charge on any atom is -0.488 e. The highest BCUT2D eigenvalue weighted by Gasteiger charge is 2.17. The summed E-state index contributed by atoms with van der Waals surface area (Å²) in [6.45, 7) is 12.7. The Labute approximate surface area is 149 Å². The Morgan fingerprint density at radius 1 is 1.00 bits per heavy atom. The van der Waals surface area contributed by atoms with Crippen molar-refractivity contribution in [3.8, 4) is 11.4 Å². The van der Waals surface area contributed by atoms with Crippen LogP contribution in [-0.4, -0.2) is 20.6 Å². The van der Waals surface area contributed by atoms with Crippen LogP contribution in [0.2, 0.25) is 0 Å². The first-order valence-electron chi connectivity index (χ1n) is 9.04. The second kappa shape index (κ2) is 6.87. The normalized spacial score (nSPS) is 11.5. The van der Waals surface area contributed by atoms with E-state index in [9.17, 15) is 0 Å². The zero-order valence-corrected chi connectivity index (χ0v) is 16.1. The summed E-state index contributed by atoms with van der Waals surface area (Å²) in [5, 5.41) is 0. The largest absolute Gasteiger partial charge is 0.488 e. The van der Waals surface area contributed by atoms with Gasteiger partial charge in [0.05, 0.1) is 11.8 Å². The van der Waals surface area contributed by atoms with Gasteiger partial charge in [0.2, 0.25) is 0 Å². The molecule has 3 aromatic rings. The summed E-state index contributed by atoms with van der Waals surface area (Å²) in [5.41, 5.74) is 7.50. The minimum absolute atomic E-state index is 0.206. The molecule has 0 bridgehead atoms. The molecule has 0 aliphatic heterocycles. The number of nitrogens with zero attached hydrogens (tertiary/aromatic N) is 3. The zero-order chi connectivity index (χ0) is 18.1. The van der Waals surface area contributed by atoms with Crippen LogP contribution < -0.4 is 4.74 Å². The molecule has 0 radical (unpaired) electrons. The third-order valence-corrected chi connectivity index (χ3v) is 4.68. The number of hydrogen-bond acceptors (Lipinski definition) is 3. The van der Waals surface area contributed by atoms with Crippen molar-refractivity contribution in [2.45, 2.75) is 60.5 Å². The highest BCUT2D eigenvalue weighted by molar-refractivity contribution is 5.80. The topological polar surface area (TPSA) is 39.9 Å².